The summed E-state index contributed by atoms with van der Waals surface area (Å²) in [5.74, 6) is -4.47. The first-order valence-corrected chi connectivity index (χ1v) is 9.92. The maximum Gasteiger partial charge on any atom is 0.436 e. The van der Waals surface area contributed by atoms with Crippen LogP contribution in [-0.2, 0) is 25.5 Å². The number of hydrogen-bond acceptors (Lipinski definition) is 6. The highest BCUT2D eigenvalue weighted by Crippen LogP contribution is 2.24. The van der Waals surface area contributed by atoms with Gasteiger partial charge in [0.05, 0.1) is 18.4 Å². The fraction of sp³-hybridized carbons (Fsp3) is 0.421. The molecule has 0 heterocycles. The van der Waals surface area contributed by atoms with E-state index in [0.29, 0.717) is 5.56 Å². The number of aliphatic carboxylic acids is 1. The standard InChI is InChI=1S/C19H24Cl2N4O6/c1-9(2)16(22)14(26)6-10(17(28)29)8-31-19(30)25-18(23)24-15(27)7-11-12(20)4-3-5-13(11)21/h3-5,9-10,16H,6-8,22H2,1-2H3,(H,28,29)(H3,23,24,25,27,30)/t10-,16-/m0/s1. The van der Waals surface area contributed by atoms with E-state index in [1.54, 1.807) is 32.0 Å². The number of carbonyl (C=O) groups is 4. The lowest BCUT2D eigenvalue weighted by molar-refractivity contribution is -0.145. The molecule has 0 radical (unpaired) electrons. The summed E-state index contributed by atoms with van der Waals surface area (Å²) in [5.41, 5.74) is 11.6. The van der Waals surface area contributed by atoms with Crippen molar-refractivity contribution in [1.29, 1.82) is 0 Å². The van der Waals surface area contributed by atoms with Gasteiger partial charge in [-0.25, -0.2) is 4.79 Å². The molecule has 0 fully saturated rings. The molecule has 0 aliphatic heterocycles. The zero-order valence-electron chi connectivity index (χ0n) is 16.9. The summed E-state index contributed by atoms with van der Waals surface area (Å²) < 4.78 is 4.74. The van der Waals surface area contributed by atoms with E-state index in [2.05, 4.69) is 10.3 Å². The third-order valence-corrected chi connectivity index (χ3v) is 4.88. The molecular formula is C19H24Cl2N4O6. The number of hydrogen-bond donors (Lipinski definition) is 4. The third-order valence-electron chi connectivity index (χ3n) is 4.17. The average molecular weight is 475 g/mol. The van der Waals surface area contributed by atoms with Crippen molar-refractivity contribution in [2.45, 2.75) is 32.7 Å². The van der Waals surface area contributed by atoms with Gasteiger partial charge in [0.25, 0.3) is 0 Å². The van der Waals surface area contributed by atoms with Crippen LogP contribution in [0.5, 0.6) is 0 Å². The van der Waals surface area contributed by atoms with Crippen LogP contribution in [0.3, 0.4) is 0 Å². The number of nitrogens with two attached hydrogens (primary N) is 2. The minimum Gasteiger partial charge on any atom is -0.481 e. The first kappa shape index (κ1) is 26.3. The first-order chi connectivity index (χ1) is 14.4. The quantitative estimate of drug-likeness (QED) is 0.309. The number of aliphatic imine (C=N–C) groups is 1. The van der Waals surface area contributed by atoms with Crippen molar-refractivity contribution in [3.05, 3.63) is 33.8 Å². The Hall–Kier alpha value is -2.69. The Morgan fingerprint density at radius 3 is 2.29 bits per heavy atom. The average Bonchev–Trinajstić information content (AvgIpc) is 2.66. The van der Waals surface area contributed by atoms with Crippen LogP contribution >= 0.6 is 23.2 Å². The Balaban J connectivity index is 2.62. The molecule has 12 heteroatoms. The third kappa shape index (κ3) is 8.91. The van der Waals surface area contributed by atoms with E-state index in [1.807, 2.05) is 0 Å². The van der Waals surface area contributed by atoms with Crippen molar-refractivity contribution in [3.8, 4) is 0 Å². The predicted octanol–water partition coefficient (Wildman–Crippen LogP) is 1.75. The first-order valence-electron chi connectivity index (χ1n) is 9.17. The monoisotopic (exact) mass is 474 g/mol. The number of carbonyl (C=O) groups excluding carboxylic acids is 3. The van der Waals surface area contributed by atoms with E-state index < -0.39 is 54.7 Å². The van der Waals surface area contributed by atoms with Gasteiger partial charge in [-0.05, 0) is 23.6 Å². The second-order valence-electron chi connectivity index (χ2n) is 6.97. The molecule has 0 unspecified atom stereocenters. The molecule has 0 spiro atoms. The highest BCUT2D eigenvalue weighted by molar-refractivity contribution is 6.36. The van der Waals surface area contributed by atoms with E-state index in [1.165, 1.54) is 0 Å². The number of nitrogens with one attached hydrogen (secondary N) is 1. The lowest BCUT2D eigenvalue weighted by Gasteiger charge is -2.17. The van der Waals surface area contributed by atoms with Crippen molar-refractivity contribution >= 4 is 52.9 Å². The summed E-state index contributed by atoms with van der Waals surface area (Å²) in [6, 6.07) is 3.91. The summed E-state index contributed by atoms with van der Waals surface area (Å²) in [4.78, 5) is 50.4. The molecule has 10 nitrogen and oxygen atoms in total. The molecule has 2 amide bonds. The van der Waals surface area contributed by atoms with E-state index in [-0.39, 0.29) is 22.4 Å². The van der Waals surface area contributed by atoms with Crippen LogP contribution in [0.4, 0.5) is 4.79 Å². The highest BCUT2D eigenvalue weighted by atomic mass is 35.5. The van der Waals surface area contributed by atoms with Gasteiger partial charge in [0, 0.05) is 16.5 Å². The zero-order chi connectivity index (χ0) is 23.7. The van der Waals surface area contributed by atoms with Gasteiger partial charge < -0.3 is 21.3 Å². The molecule has 2 atom stereocenters. The van der Waals surface area contributed by atoms with Crippen LogP contribution in [0.25, 0.3) is 0 Å². The van der Waals surface area contributed by atoms with E-state index in [0.717, 1.165) is 0 Å². The maximum absolute atomic E-state index is 12.0. The number of benzene rings is 1. The van der Waals surface area contributed by atoms with Crippen molar-refractivity contribution in [2.24, 2.45) is 28.3 Å². The largest absolute Gasteiger partial charge is 0.481 e. The molecule has 0 aromatic heterocycles. The van der Waals surface area contributed by atoms with Crippen molar-refractivity contribution in [3.63, 3.8) is 0 Å². The second-order valence-corrected chi connectivity index (χ2v) is 7.79. The zero-order valence-corrected chi connectivity index (χ0v) is 18.4. The van der Waals surface area contributed by atoms with Gasteiger partial charge in [-0.2, -0.15) is 0 Å². The van der Waals surface area contributed by atoms with Gasteiger partial charge in [0.15, 0.2) is 5.78 Å². The van der Waals surface area contributed by atoms with E-state index in [9.17, 15) is 24.3 Å². The Labute approximate surface area is 188 Å². The summed E-state index contributed by atoms with van der Waals surface area (Å²) in [5, 5.41) is 11.9. The molecule has 0 aliphatic rings. The summed E-state index contributed by atoms with van der Waals surface area (Å²) >= 11 is 12.0. The van der Waals surface area contributed by atoms with Gasteiger partial charge in [0.1, 0.15) is 6.61 Å². The number of ether oxygens (including phenoxy) is 1. The van der Waals surface area contributed by atoms with Crippen LogP contribution in [-0.4, -0.2) is 47.5 Å². The van der Waals surface area contributed by atoms with Gasteiger partial charge >= 0.3 is 12.1 Å². The van der Waals surface area contributed by atoms with Crippen molar-refractivity contribution < 1.29 is 29.0 Å². The summed E-state index contributed by atoms with van der Waals surface area (Å²) in [7, 11) is 0. The molecule has 0 saturated carbocycles. The molecule has 1 aromatic carbocycles. The topological polar surface area (TPSA) is 174 Å². The highest BCUT2D eigenvalue weighted by Gasteiger charge is 2.27. The van der Waals surface area contributed by atoms with Crippen LogP contribution in [0, 0.1) is 11.8 Å². The number of ketones is 1. The fourth-order valence-electron chi connectivity index (χ4n) is 2.35. The van der Waals surface area contributed by atoms with Crippen LogP contribution < -0.4 is 16.8 Å². The number of carboxylic acid groups (broad SMARTS) is 1. The maximum atomic E-state index is 12.0. The minimum atomic E-state index is -1.33. The van der Waals surface area contributed by atoms with Gasteiger partial charge in [-0.1, -0.05) is 43.1 Å². The molecule has 31 heavy (non-hydrogen) atoms. The van der Waals surface area contributed by atoms with E-state index >= 15 is 0 Å². The fourth-order valence-corrected chi connectivity index (χ4v) is 2.88. The molecule has 170 valence electrons. The van der Waals surface area contributed by atoms with Crippen LogP contribution in [0.2, 0.25) is 10.0 Å². The molecule has 0 bridgehead atoms. The summed E-state index contributed by atoms with van der Waals surface area (Å²) in [6.07, 6.45) is -1.86. The van der Waals surface area contributed by atoms with E-state index in [4.69, 9.17) is 39.4 Å². The SMILES string of the molecule is CC(C)[C@H](N)C(=O)C[C@@H](COC(=O)/N=C(\N)NC(=O)Cc1c(Cl)cccc1Cl)C(=O)O. The lowest BCUT2D eigenvalue weighted by atomic mass is 9.93. The van der Waals surface area contributed by atoms with Gasteiger partial charge in [-0.3, -0.25) is 19.7 Å². The smallest absolute Gasteiger partial charge is 0.436 e. The number of rotatable bonds is 9. The predicted molar refractivity (Wildman–Crippen MR) is 115 cm³/mol. The van der Waals surface area contributed by atoms with Gasteiger partial charge in [-0.15, -0.1) is 4.99 Å². The summed E-state index contributed by atoms with van der Waals surface area (Å²) in [6.45, 7) is 2.83. The van der Waals surface area contributed by atoms with Gasteiger partial charge in [0.2, 0.25) is 11.9 Å². The normalized spacial score (nSPS) is 13.4. The lowest BCUT2D eigenvalue weighted by Crippen LogP contribution is -2.39. The molecule has 6 N–H and O–H groups in total. The molecule has 0 aliphatic carbocycles. The number of carboxylic acids is 1. The number of Topliss-reactive ketones (excluding diaryl/α,β-unsaturated/α-hetero) is 1. The molecule has 1 aromatic rings. The molecule has 0 saturated heterocycles. The number of amides is 2. The number of halogens is 2. The number of nitrogens with zero attached hydrogens (tertiary/aromatic N) is 1. The second kappa shape index (κ2) is 12.2. The minimum absolute atomic E-state index is 0.168. The Morgan fingerprint density at radius 2 is 1.77 bits per heavy atom. The Kier molecular flexibility index (Phi) is 10.4. The molecular weight excluding hydrogens is 451 g/mol. The van der Waals surface area contributed by atoms with Crippen molar-refractivity contribution in [1.82, 2.24) is 5.32 Å². The Morgan fingerprint density at radius 1 is 1.19 bits per heavy atom. The number of guanidine groups is 1. The molecule has 1 rings (SSSR count). The van der Waals surface area contributed by atoms with Crippen LogP contribution in [0.15, 0.2) is 23.2 Å². The van der Waals surface area contributed by atoms with Crippen molar-refractivity contribution in [2.75, 3.05) is 6.61 Å². The van der Waals surface area contributed by atoms with Crippen LogP contribution in [0.1, 0.15) is 25.8 Å². The Bertz CT molecular complexity index is 855.